The van der Waals surface area contributed by atoms with E-state index in [1.807, 2.05) is 4.57 Å². The highest BCUT2D eigenvalue weighted by Gasteiger charge is 2.32. The van der Waals surface area contributed by atoms with E-state index in [-0.39, 0.29) is 29.5 Å². The summed E-state index contributed by atoms with van der Waals surface area (Å²) in [5, 5.41) is 11.8. The molecule has 12 heteroatoms. The first kappa shape index (κ1) is 24.2. The van der Waals surface area contributed by atoms with E-state index in [1.165, 1.54) is 30.0 Å². The van der Waals surface area contributed by atoms with Crippen molar-refractivity contribution in [3.63, 3.8) is 0 Å². The van der Waals surface area contributed by atoms with E-state index >= 15 is 0 Å². The van der Waals surface area contributed by atoms with Gasteiger partial charge < -0.3 is 19.7 Å². The van der Waals surface area contributed by atoms with E-state index in [0.29, 0.717) is 30.8 Å². The van der Waals surface area contributed by atoms with Gasteiger partial charge in [-0.1, -0.05) is 43.8 Å². The van der Waals surface area contributed by atoms with Crippen molar-refractivity contribution in [2.45, 2.75) is 38.5 Å². The highest BCUT2D eigenvalue weighted by molar-refractivity contribution is 7.99. The van der Waals surface area contributed by atoms with Crippen molar-refractivity contribution in [3.05, 3.63) is 29.8 Å². The first-order valence-corrected chi connectivity index (χ1v) is 11.2. The number of nitrogens with zero attached hydrogens (tertiary/aromatic N) is 4. The zero-order chi connectivity index (χ0) is 23.1. The average Bonchev–Trinajstić information content (AvgIpc) is 3.13. The Labute approximate surface area is 188 Å². The number of aromatic nitrogens is 3. The number of rotatable bonds is 9. The second-order valence-corrected chi connectivity index (χ2v) is 8.55. The summed E-state index contributed by atoms with van der Waals surface area (Å²) in [5.41, 5.74) is 0.237. The summed E-state index contributed by atoms with van der Waals surface area (Å²) in [5.74, 6) is 0.498. The maximum atomic E-state index is 12.6. The predicted molar refractivity (Wildman–Crippen MR) is 114 cm³/mol. The number of morpholine rings is 1. The maximum Gasteiger partial charge on any atom is 0.573 e. The number of anilines is 1. The van der Waals surface area contributed by atoms with Gasteiger partial charge in [0.2, 0.25) is 11.9 Å². The van der Waals surface area contributed by atoms with Crippen molar-refractivity contribution in [2.24, 2.45) is 5.92 Å². The minimum absolute atomic E-state index is 0.0572. The molecule has 0 unspecified atom stereocenters. The fraction of sp³-hybridized carbons (Fsp3) is 0.550. The lowest BCUT2D eigenvalue weighted by atomic mass is 10.2. The van der Waals surface area contributed by atoms with E-state index in [9.17, 15) is 18.0 Å². The molecule has 0 atom stereocenters. The van der Waals surface area contributed by atoms with Crippen molar-refractivity contribution in [3.8, 4) is 5.75 Å². The molecule has 0 aliphatic carbocycles. The van der Waals surface area contributed by atoms with Crippen molar-refractivity contribution < 1.29 is 27.4 Å². The van der Waals surface area contributed by atoms with Gasteiger partial charge in [-0.25, -0.2) is 0 Å². The first-order valence-electron chi connectivity index (χ1n) is 10.2. The molecule has 1 aliphatic rings. The van der Waals surface area contributed by atoms with E-state index in [2.05, 4.69) is 39.0 Å². The highest BCUT2D eigenvalue weighted by Crippen LogP contribution is 2.27. The Morgan fingerprint density at radius 1 is 1.25 bits per heavy atom. The molecule has 2 heterocycles. The molecule has 3 rings (SSSR count). The molecule has 1 aliphatic heterocycles. The number of amides is 1. The van der Waals surface area contributed by atoms with E-state index in [1.54, 1.807) is 6.07 Å². The molecule has 2 aromatic rings. The number of hydrogen-bond donors (Lipinski definition) is 1. The van der Waals surface area contributed by atoms with Crippen LogP contribution in [0.15, 0.2) is 29.4 Å². The van der Waals surface area contributed by atoms with Gasteiger partial charge >= 0.3 is 6.36 Å². The van der Waals surface area contributed by atoms with Gasteiger partial charge in [0.25, 0.3) is 0 Å². The van der Waals surface area contributed by atoms with Gasteiger partial charge in [0.05, 0.1) is 19.0 Å². The quantitative estimate of drug-likeness (QED) is 0.561. The predicted octanol–water partition coefficient (Wildman–Crippen LogP) is 3.08. The van der Waals surface area contributed by atoms with Gasteiger partial charge in [-0.05, 0) is 12.0 Å². The van der Waals surface area contributed by atoms with E-state index in [0.717, 1.165) is 19.0 Å². The molecule has 8 nitrogen and oxygen atoms in total. The minimum Gasteiger partial charge on any atom is -0.405 e. The first-order chi connectivity index (χ1) is 15.2. The summed E-state index contributed by atoms with van der Waals surface area (Å²) >= 11 is 1.24. The van der Waals surface area contributed by atoms with Gasteiger partial charge in [0.15, 0.2) is 5.16 Å². The van der Waals surface area contributed by atoms with E-state index in [4.69, 9.17) is 4.74 Å². The number of para-hydroxylation sites is 1. The lowest BCUT2D eigenvalue weighted by Gasteiger charge is -2.28. The van der Waals surface area contributed by atoms with Crippen LogP contribution in [-0.4, -0.2) is 59.1 Å². The Balaban J connectivity index is 1.60. The number of thioether (sulfide) groups is 1. The zero-order valence-corrected chi connectivity index (χ0v) is 18.7. The molecule has 0 bridgehead atoms. The van der Waals surface area contributed by atoms with Crippen LogP contribution in [0.3, 0.4) is 0 Å². The lowest BCUT2D eigenvalue weighted by molar-refractivity contribution is -0.274. The van der Waals surface area contributed by atoms with Crippen LogP contribution in [0.1, 0.15) is 19.4 Å². The second-order valence-electron chi connectivity index (χ2n) is 7.61. The third-order valence-electron chi connectivity index (χ3n) is 4.55. The Hall–Kier alpha value is -2.47. The van der Waals surface area contributed by atoms with E-state index < -0.39 is 6.36 Å². The third-order valence-corrected chi connectivity index (χ3v) is 5.51. The van der Waals surface area contributed by atoms with Crippen molar-refractivity contribution in [2.75, 3.05) is 37.0 Å². The molecule has 1 aromatic heterocycles. The largest absolute Gasteiger partial charge is 0.573 e. The van der Waals surface area contributed by atoms with Crippen LogP contribution < -0.4 is 15.0 Å². The number of nitrogens with one attached hydrogen (secondary N) is 1. The van der Waals surface area contributed by atoms with Gasteiger partial charge in [-0.2, -0.15) is 0 Å². The fourth-order valence-corrected chi connectivity index (χ4v) is 3.93. The Morgan fingerprint density at radius 2 is 1.97 bits per heavy atom. The molecular formula is C20H26F3N5O3S. The number of alkyl halides is 3. The van der Waals surface area contributed by atoms with Crippen molar-refractivity contribution >= 4 is 23.6 Å². The number of hydrogen-bond acceptors (Lipinski definition) is 7. The smallest absolute Gasteiger partial charge is 0.405 e. The molecule has 1 aromatic carbocycles. The second kappa shape index (κ2) is 10.9. The fourth-order valence-electron chi connectivity index (χ4n) is 3.16. The molecule has 0 radical (unpaired) electrons. The lowest BCUT2D eigenvalue weighted by Crippen LogP contribution is -2.38. The third kappa shape index (κ3) is 7.02. The molecule has 1 N–H and O–H groups in total. The summed E-state index contributed by atoms with van der Waals surface area (Å²) in [6, 6.07) is 5.71. The Morgan fingerprint density at radius 3 is 2.66 bits per heavy atom. The molecule has 1 fully saturated rings. The normalized spacial score (nSPS) is 14.6. The molecule has 176 valence electrons. The number of carbonyl (C=O) groups excluding carboxylic acids is 1. The van der Waals surface area contributed by atoms with Crippen LogP contribution in [0.5, 0.6) is 5.75 Å². The van der Waals surface area contributed by atoms with Crippen LogP contribution >= 0.6 is 11.8 Å². The number of carbonyl (C=O) groups is 1. The molecule has 32 heavy (non-hydrogen) atoms. The summed E-state index contributed by atoms with van der Waals surface area (Å²) in [4.78, 5) is 14.5. The maximum absolute atomic E-state index is 12.6. The Bertz CT molecular complexity index is 901. The summed E-state index contributed by atoms with van der Waals surface area (Å²) < 4.78 is 49.1. The summed E-state index contributed by atoms with van der Waals surface area (Å²) in [7, 11) is 0. The van der Waals surface area contributed by atoms with Crippen molar-refractivity contribution in [1.82, 2.24) is 20.1 Å². The standard InChI is InChI=1S/C20H26F3N5O3S/c1-14(2)12-28-18(27-7-9-30-10-8-27)25-26-19(28)32-13-17(29)24-11-15-5-3-4-6-16(15)31-20(21,22)23/h3-6,14H,7-13H2,1-2H3,(H,24,29). The monoisotopic (exact) mass is 473 g/mol. The Kier molecular flexibility index (Phi) is 8.24. The molecule has 1 amide bonds. The van der Waals surface area contributed by atoms with Crippen LogP contribution in [0.4, 0.5) is 19.1 Å². The van der Waals surface area contributed by atoms with Crippen LogP contribution in [-0.2, 0) is 22.6 Å². The highest BCUT2D eigenvalue weighted by atomic mass is 32.2. The number of benzene rings is 1. The van der Waals surface area contributed by atoms with Gasteiger partial charge in [0, 0.05) is 31.7 Å². The number of halogens is 3. The van der Waals surface area contributed by atoms with Gasteiger partial charge in [-0.3, -0.25) is 9.36 Å². The number of ether oxygens (including phenoxy) is 2. The summed E-state index contributed by atoms with van der Waals surface area (Å²) in [6.07, 6.45) is -4.80. The molecular weight excluding hydrogens is 447 g/mol. The minimum atomic E-state index is -4.80. The average molecular weight is 474 g/mol. The zero-order valence-electron chi connectivity index (χ0n) is 17.9. The summed E-state index contributed by atoms with van der Waals surface area (Å²) in [6.45, 7) is 7.49. The topological polar surface area (TPSA) is 81.5 Å². The van der Waals surface area contributed by atoms with Crippen LogP contribution in [0, 0.1) is 5.92 Å². The molecule has 0 spiro atoms. The molecule has 1 saturated heterocycles. The van der Waals surface area contributed by atoms with Crippen LogP contribution in [0.2, 0.25) is 0 Å². The van der Waals surface area contributed by atoms with Crippen molar-refractivity contribution in [1.29, 1.82) is 0 Å². The SMILES string of the molecule is CC(C)Cn1c(SCC(=O)NCc2ccccc2OC(F)(F)F)nnc1N1CCOCC1. The molecule has 0 saturated carbocycles. The van der Waals surface area contributed by atoms with Gasteiger partial charge in [0.1, 0.15) is 5.75 Å². The van der Waals surface area contributed by atoms with Gasteiger partial charge in [-0.15, -0.1) is 23.4 Å². The van der Waals surface area contributed by atoms with Crippen LogP contribution in [0.25, 0.3) is 0 Å².